The Balaban J connectivity index is 2.23. The van der Waals surface area contributed by atoms with Crippen LogP contribution in [0.3, 0.4) is 0 Å². The Morgan fingerprint density at radius 2 is 1.83 bits per heavy atom. The van der Waals surface area contributed by atoms with Gasteiger partial charge in [0.15, 0.2) is 23.0 Å². The topological polar surface area (TPSA) is 116 Å². The summed E-state index contributed by atoms with van der Waals surface area (Å²) in [6.07, 6.45) is 1.28. The standard InChI is InChI=1S/C21H22FN3O5/c1-3-28-20(26)18(21(27)29-4-2)19(23)25-24-13-14-10-11-16(22)17(12-14)30-15-8-6-5-7-9-15/h5-13,26H,3-4H2,1-2H3,(H2,23,25)/b20-18-,24-13+. The highest BCUT2D eigenvalue weighted by molar-refractivity contribution is 6.18. The molecule has 0 atom stereocenters. The molecular weight excluding hydrogens is 393 g/mol. The lowest BCUT2D eigenvalue weighted by Crippen LogP contribution is -2.25. The van der Waals surface area contributed by atoms with Gasteiger partial charge in [0.25, 0.3) is 5.95 Å². The number of rotatable bonds is 9. The molecule has 2 rings (SSSR count). The summed E-state index contributed by atoms with van der Waals surface area (Å²) in [6.45, 7) is 3.39. The maximum absolute atomic E-state index is 14.0. The first-order chi connectivity index (χ1) is 14.5. The molecule has 8 nitrogen and oxygen atoms in total. The number of amidine groups is 1. The minimum absolute atomic E-state index is 0.00296. The van der Waals surface area contributed by atoms with E-state index in [9.17, 15) is 14.3 Å². The van der Waals surface area contributed by atoms with Crippen molar-refractivity contribution in [1.82, 2.24) is 0 Å². The van der Waals surface area contributed by atoms with Crippen LogP contribution in [0, 0.1) is 5.82 Å². The molecule has 0 amide bonds. The fourth-order valence-corrected chi connectivity index (χ4v) is 2.22. The lowest BCUT2D eigenvalue weighted by Gasteiger charge is -2.08. The van der Waals surface area contributed by atoms with Gasteiger partial charge in [0.2, 0.25) is 0 Å². The Hall–Kier alpha value is -3.88. The van der Waals surface area contributed by atoms with Gasteiger partial charge in [-0.15, -0.1) is 5.10 Å². The van der Waals surface area contributed by atoms with Crippen molar-refractivity contribution in [2.45, 2.75) is 13.8 Å². The Morgan fingerprint density at radius 1 is 1.13 bits per heavy atom. The molecule has 30 heavy (non-hydrogen) atoms. The molecule has 0 aliphatic heterocycles. The number of ether oxygens (including phenoxy) is 3. The van der Waals surface area contributed by atoms with E-state index >= 15 is 0 Å². The molecule has 0 radical (unpaired) electrons. The molecule has 158 valence electrons. The van der Waals surface area contributed by atoms with E-state index in [1.54, 1.807) is 38.1 Å². The molecule has 0 unspecified atom stereocenters. The van der Waals surface area contributed by atoms with Crippen molar-refractivity contribution >= 4 is 18.0 Å². The number of aliphatic hydroxyl groups excluding tert-OH is 1. The molecule has 0 spiro atoms. The number of nitrogens with two attached hydrogens (primary N) is 1. The fraction of sp³-hybridized carbons (Fsp3) is 0.190. The summed E-state index contributed by atoms with van der Waals surface area (Å²) in [7, 11) is 0. The third-order valence-corrected chi connectivity index (χ3v) is 3.53. The summed E-state index contributed by atoms with van der Waals surface area (Å²) in [6, 6.07) is 12.8. The van der Waals surface area contributed by atoms with Crippen LogP contribution < -0.4 is 10.5 Å². The Morgan fingerprint density at radius 3 is 2.50 bits per heavy atom. The highest BCUT2D eigenvalue weighted by Gasteiger charge is 2.22. The molecule has 2 aromatic rings. The Kier molecular flexibility index (Phi) is 8.37. The van der Waals surface area contributed by atoms with E-state index in [4.69, 9.17) is 19.9 Å². The molecule has 0 aromatic heterocycles. The minimum Gasteiger partial charge on any atom is -0.480 e. The second-order valence-corrected chi connectivity index (χ2v) is 5.67. The van der Waals surface area contributed by atoms with Gasteiger partial charge in [0.1, 0.15) is 5.75 Å². The zero-order chi connectivity index (χ0) is 21.9. The first-order valence-corrected chi connectivity index (χ1v) is 9.08. The summed E-state index contributed by atoms with van der Waals surface area (Å²) in [5.74, 6) is -2.09. The monoisotopic (exact) mass is 415 g/mol. The van der Waals surface area contributed by atoms with Crippen LogP contribution >= 0.6 is 0 Å². The van der Waals surface area contributed by atoms with Gasteiger partial charge in [-0.05, 0) is 43.7 Å². The van der Waals surface area contributed by atoms with Crippen molar-refractivity contribution < 1.29 is 28.5 Å². The van der Waals surface area contributed by atoms with Crippen LogP contribution in [-0.2, 0) is 14.3 Å². The van der Waals surface area contributed by atoms with Crippen LogP contribution in [0.15, 0.2) is 70.3 Å². The molecule has 0 aliphatic carbocycles. The Labute approximate surface area is 173 Å². The largest absolute Gasteiger partial charge is 0.480 e. The number of aliphatic hydroxyl groups is 1. The normalized spacial score (nSPS) is 12.4. The molecule has 9 heteroatoms. The number of benzene rings is 2. The predicted molar refractivity (Wildman–Crippen MR) is 110 cm³/mol. The van der Waals surface area contributed by atoms with Crippen LogP contribution in [0.5, 0.6) is 11.5 Å². The lowest BCUT2D eigenvalue weighted by molar-refractivity contribution is -0.138. The predicted octanol–water partition coefficient (Wildman–Crippen LogP) is 3.68. The van der Waals surface area contributed by atoms with E-state index < -0.39 is 29.1 Å². The molecule has 3 N–H and O–H groups in total. The quantitative estimate of drug-likeness (QED) is 0.161. The van der Waals surface area contributed by atoms with Gasteiger partial charge in [-0.2, -0.15) is 5.10 Å². The number of halogens is 1. The van der Waals surface area contributed by atoms with E-state index in [0.29, 0.717) is 11.3 Å². The number of carbonyl (C=O) groups is 1. The zero-order valence-electron chi connectivity index (χ0n) is 16.5. The first kappa shape index (κ1) is 22.4. The van der Waals surface area contributed by atoms with Crippen LogP contribution in [0.1, 0.15) is 19.4 Å². The van der Waals surface area contributed by atoms with Gasteiger partial charge in [-0.1, -0.05) is 24.3 Å². The SMILES string of the molecule is CCOC(=O)C(=C(/O)OCC)/C(N)=N\N=C\c1ccc(F)c(Oc2ccccc2)c1. The van der Waals surface area contributed by atoms with E-state index in [2.05, 4.69) is 10.2 Å². The Bertz CT molecular complexity index is 958. The minimum atomic E-state index is -0.903. The molecule has 0 saturated heterocycles. The van der Waals surface area contributed by atoms with Gasteiger partial charge >= 0.3 is 5.97 Å². The van der Waals surface area contributed by atoms with E-state index in [-0.39, 0.29) is 19.0 Å². The van der Waals surface area contributed by atoms with Crippen LogP contribution in [0.4, 0.5) is 4.39 Å². The molecule has 0 saturated carbocycles. The second-order valence-electron chi connectivity index (χ2n) is 5.67. The van der Waals surface area contributed by atoms with Crippen molar-refractivity contribution in [2.75, 3.05) is 13.2 Å². The second kappa shape index (κ2) is 11.2. The van der Waals surface area contributed by atoms with E-state index in [1.807, 2.05) is 6.07 Å². The fourth-order valence-electron chi connectivity index (χ4n) is 2.22. The summed E-state index contributed by atoms with van der Waals surface area (Å²) >= 11 is 0. The van der Waals surface area contributed by atoms with Gasteiger partial charge in [0, 0.05) is 0 Å². The maximum atomic E-state index is 14.0. The summed E-state index contributed by atoms with van der Waals surface area (Å²) in [5, 5.41) is 17.4. The van der Waals surface area contributed by atoms with E-state index in [1.165, 1.54) is 24.4 Å². The zero-order valence-corrected chi connectivity index (χ0v) is 16.5. The first-order valence-electron chi connectivity index (χ1n) is 9.08. The van der Waals surface area contributed by atoms with Crippen LogP contribution in [0.25, 0.3) is 0 Å². The molecular formula is C21H22FN3O5. The number of hydrogen-bond acceptors (Lipinski definition) is 7. The van der Waals surface area contributed by atoms with Crippen molar-refractivity contribution in [1.29, 1.82) is 0 Å². The maximum Gasteiger partial charge on any atom is 0.349 e. The molecule has 0 bridgehead atoms. The van der Waals surface area contributed by atoms with Gasteiger partial charge in [-0.3, -0.25) is 0 Å². The summed E-state index contributed by atoms with van der Waals surface area (Å²) in [5.41, 5.74) is 5.78. The van der Waals surface area contributed by atoms with Crippen molar-refractivity contribution in [3.63, 3.8) is 0 Å². The third kappa shape index (κ3) is 6.33. The molecule has 0 aliphatic rings. The lowest BCUT2D eigenvalue weighted by atomic mass is 10.2. The van der Waals surface area contributed by atoms with Gasteiger partial charge in [0.05, 0.1) is 19.4 Å². The van der Waals surface area contributed by atoms with Crippen molar-refractivity contribution in [3.8, 4) is 11.5 Å². The average Bonchev–Trinajstić information content (AvgIpc) is 2.72. The number of carbonyl (C=O) groups excluding carboxylic acids is 1. The van der Waals surface area contributed by atoms with Crippen LogP contribution in [0.2, 0.25) is 0 Å². The third-order valence-electron chi connectivity index (χ3n) is 3.53. The van der Waals surface area contributed by atoms with Crippen LogP contribution in [-0.4, -0.2) is 36.3 Å². The molecule has 2 aromatic carbocycles. The number of para-hydroxylation sites is 1. The smallest absolute Gasteiger partial charge is 0.349 e. The molecule has 0 heterocycles. The highest BCUT2D eigenvalue weighted by atomic mass is 19.1. The average molecular weight is 415 g/mol. The van der Waals surface area contributed by atoms with Crippen molar-refractivity contribution in [3.05, 3.63) is 71.4 Å². The van der Waals surface area contributed by atoms with Crippen molar-refractivity contribution in [2.24, 2.45) is 15.9 Å². The number of hydrogen-bond donors (Lipinski definition) is 2. The number of nitrogens with zero attached hydrogens (tertiary/aromatic N) is 2. The number of esters is 1. The highest BCUT2D eigenvalue weighted by Crippen LogP contribution is 2.24. The molecule has 0 fully saturated rings. The van der Waals surface area contributed by atoms with E-state index in [0.717, 1.165) is 0 Å². The van der Waals surface area contributed by atoms with Gasteiger partial charge < -0.3 is 25.1 Å². The summed E-state index contributed by atoms with van der Waals surface area (Å²) in [4.78, 5) is 12.0. The summed E-state index contributed by atoms with van der Waals surface area (Å²) < 4.78 is 29.3. The van der Waals surface area contributed by atoms with Gasteiger partial charge in [-0.25, -0.2) is 9.18 Å².